The summed E-state index contributed by atoms with van der Waals surface area (Å²) in [6.07, 6.45) is -1.82. The average molecular weight is 675 g/mol. The number of anilines is 1. The molecule has 0 aromatic heterocycles. The second-order valence-electron chi connectivity index (χ2n) is 13.3. The Morgan fingerprint density at radius 3 is 2.17 bits per heavy atom. The number of imide groups is 1. The molecule has 5 N–H and O–H groups in total. The topological polar surface area (TPSA) is 217 Å². The summed E-state index contributed by atoms with van der Waals surface area (Å²) in [5.41, 5.74) is 0.446. The Hall–Kier alpha value is -4.82. The third-order valence-electron chi connectivity index (χ3n) is 7.76. The van der Waals surface area contributed by atoms with E-state index in [4.69, 9.17) is 6.48 Å². The molecule has 1 heterocycles. The Bertz CT molecular complexity index is 1410. The molecule has 0 spiro atoms. The molecule has 1 aliphatic rings. The zero-order valence-corrected chi connectivity index (χ0v) is 28.2. The molecule has 6 amide bonds. The lowest BCUT2D eigenvalue weighted by atomic mass is 9.80. The van der Waals surface area contributed by atoms with Crippen molar-refractivity contribution < 1.29 is 49.6 Å². The van der Waals surface area contributed by atoms with Crippen LogP contribution in [0.5, 0.6) is 0 Å². The summed E-state index contributed by atoms with van der Waals surface area (Å²) in [6.45, 7) is 10.4. The van der Waals surface area contributed by atoms with Crippen LogP contribution in [-0.4, -0.2) is 82.5 Å². The van der Waals surface area contributed by atoms with Gasteiger partial charge in [-0.3, -0.25) is 43.3 Å². The quantitative estimate of drug-likeness (QED) is 0.118. The first kappa shape index (κ1) is 37.6. The number of carbonyl (C=O) groups excluding carboxylic acids is 7. The van der Waals surface area contributed by atoms with E-state index >= 15 is 0 Å². The van der Waals surface area contributed by atoms with Gasteiger partial charge in [0.05, 0.1) is 5.92 Å². The van der Waals surface area contributed by atoms with Gasteiger partial charge in [-0.1, -0.05) is 46.8 Å². The van der Waals surface area contributed by atoms with Crippen molar-refractivity contribution in [3.05, 3.63) is 29.8 Å². The van der Waals surface area contributed by atoms with Crippen LogP contribution in [0.3, 0.4) is 0 Å². The summed E-state index contributed by atoms with van der Waals surface area (Å²) in [5, 5.41) is 19.4. The van der Waals surface area contributed by atoms with Gasteiger partial charge in [0.25, 0.3) is 6.45 Å². The number of nitrogens with one attached hydrogen (secondary N) is 4. The van der Waals surface area contributed by atoms with Gasteiger partial charge >= 0.3 is 5.97 Å². The fourth-order valence-corrected chi connectivity index (χ4v) is 5.02. The van der Waals surface area contributed by atoms with Crippen LogP contribution in [0.4, 0.5) is 5.69 Å². The monoisotopic (exact) mass is 674 g/mol. The molecular weight excluding hydrogens is 626 g/mol. The van der Waals surface area contributed by atoms with E-state index in [0.29, 0.717) is 11.3 Å². The SMILES string of the molecule is [2H]C(=O)OCc1ccc(NC(=O)[C@H](CCC(=O)O)NC(=O)[C@H](C)NC(=O)[C@@H](CC(C)C)NC(=O)CCN2C(=O)CC(C(C)(C)C)C2=O)cc1. The summed E-state index contributed by atoms with van der Waals surface area (Å²) in [5.74, 6) is -5.13. The smallest absolute Gasteiger partial charge is 0.303 e. The second kappa shape index (κ2) is 17.9. The van der Waals surface area contributed by atoms with E-state index in [1.807, 2.05) is 34.6 Å². The number of carbonyl (C=O) groups is 8. The van der Waals surface area contributed by atoms with Crippen molar-refractivity contribution in [2.24, 2.45) is 17.3 Å². The number of nitrogens with zero attached hydrogens (tertiary/aromatic N) is 1. The molecule has 1 fully saturated rings. The maximum Gasteiger partial charge on any atom is 0.303 e. The number of hydrogen-bond donors (Lipinski definition) is 5. The summed E-state index contributed by atoms with van der Waals surface area (Å²) < 4.78 is 11.4. The van der Waals surface area contributed by atoms with Gasteiger partial charge in [-0.25, -0.2) is 0 Å². The molecule has 48 heavy (non-hydrogen) atoms. The molecule has 1 aliphatic heterocycles. The Labute approximate surface area is 281 Å². The van der Waals surface area contributed by atoms with Crippen LogP contribution in [-0.2, 0) is 49.7 Å². The Balaban J connectivity index is 2.02. The highest BCUT2D eigenvalue weighted by Gasteiger charge is 2.44. The minimum atomic E-state index is -1.29. The number of benzene rings is 1. The van der Waals surface area contributed by atoms with E-state index in [1.54, 1.807) is 12.1 Å². The Morgan fingerprint density at radius 2 is 1.62 bits per heavy atom. The van der Waals surface area contributed by atoms with E-state index in [2.05, 4.69) is 26.0 Å². The summed E-state index contributed by atoms with van der Waals surface area (Å²) in [4.78, 5) is 100. The Morgan fingerprint density at radius 1 is 0.979 bits per heavy atom. The van der Waals surface area contributed by atoms with Gasteiger partial charge in [0.1, 0.15) is 24.7 Å². The standard InChI is InChI=1S/C33H47N5O10/c1-19(2)15-25(36-26(40)13-14-38-27(41)16-23(32(38)47)33(4,5)6)31(46)34-20(3)29(44)37-24(11-12-28(42)43)30(45)35-22-9-7-21(8-10-22)17-48-18-39/h7-10,18-20,23-25H,11-17H2,1-6H3,(H,34,46)(H,35,45)(H,36,40)(H,37,44)(H,42,43)/t20-,23?,24-,25+/m0/s1/i18D. The molecular formula is C33H47N5O10. The molecule has 1 aromatic rings. The normalized spacial score (nSPS) is 16.8. The highest BCUT2D eigenvalue weighted by Crippen LogP contribution is 2.35. The van der Waals surface area contributed by atoms with Crippen molar-refractivity contribution in [3.63, 3.8) is 0 Å². The molecule has 1 unspecified atom stereocenters. The van der Waals surface area contributed by atoms with E-state index in [-0.39, 0.29) is 56.6 Å². The fourth-order valence-electron chi connectivity index (χ4n) is 5.02. The molecule has 264 valence electrons. The molecule has 1 aromatic carbocycles. The van der Waals surface area contributed by atoms with Crippen LogP contribution in [0.15, 0.2) is 24.3 Å². The highest BCUT2D eigenvalue weighted by molar-refractivity contribution is 6.04. The molecule has 0 saturated carbocycles. The third kappa shape index (κ3) is 12.4. The predicted molar refractivity (Wildman–Crippen MR) is 173 cm³/mol. The first-order valence-electron chi connectivity index (χ1n) is 16.3. The summed E-state index contributed by atoms with van der Waals surface area (Å²) in [7, 11) is 0. The Kier molecular flexibility index (Phi) is 14.1. The zero-order valence-electron chi connectivity index (χ0n) is 29.2. The zero-order chi connectivity index (χ0) is 37.1. The lowest BCUT2D eigenvalue weighted by Gasteiger charge is -2.25. The van der Waals surface area contributed by atoms with Crippen LogP contribution in [0.2, 0.25) is 0 Å². The number of aliphatic carboxylic acids is 1. The summed E-state index contributed by atoms with van der Waals surface area (Å²) in [6, 6.07) is 2.56. The van der Waals surface area contributed by atoms with Gasteiger partial charge in [-0.05, 0) is 48.8 Å². The van der Waals surface area contributed by atoms with Gasteiger partial charge in [-0.2, -0.15) is 0 Å². The number of hydrogen-bond acceptors (Lipinski definition) is 9. The number of rotatable bonds is 17. The second-order valence-corrected chi connectivity index (χ2v) is 13.3. The number of carboxylic acids is 1. The van der Waals surface area contributed by atoms with Crippen LogP contribution >= 0.6 is 0 Å². The first-order chi connectivity index (χ1) is 22.8. The van der Waals surface area contributed by atoms with E-state index < -0.39 is 71.9 Å². The molecule has 0 radical (unpaired) electrons. The van der Waals surface area contributed by atoms with Gasteiger partial charge in [0.15, 0.2) is 1.37 Å². The fraction of sp³-hybridized carbons (Fsp3) is 0.576. The van der Waals surface area contributed by atoms with E-state index in [0.717, 1.165) is 4.90 Å². The van der Waals surface area contributed by atoms with Gasteiger partial charge in [-0.15, -0.1) is 0 Å². The average Bonchev–Trinajstić information content (AvgIpc) is 3.29. The van der Waals surface area contributed by atoms with Crippen molar-refractivity contribution in [3.8, 4) is 0 Å². The molecule has 0 aliphatic carbocycles. The summed E-state index contributed by atoms with van der Waals surface area (Å²) >= 11 is 0. The maximum atomic E-state index is 13.2. The van der Waals surface area contributed by atoms with E-state index in [1.165, 1.54) is 19.1 Å². The van der Waals surface area contributed by atoms with E-state index in [9.17, 15) is 38.4 Å². The number of carboxylic acid groups (broad SMARTS) is 1. The van der Waals surface area contributed by atoms with Gasteiger partial charge < -0.3 is 31.1 Å². The molecule has 15 nitrogen and oxygen atoms in total. The largest absolute Gasteiger partial charge is 0.481 e. The molecule has 15 heteroatoms. The maximum absolute atomic E-state index is 13.2. The minimum Gasteiger partial charge on any atom is -0.481 e. The third-order valence-corrected chi connectivity index (χ3v) is 7.76. The lowest BCUT2D eigenvalue weighted by Crippen LogP contribution is -2.55. The molecule has 2 rings (SSSR count). The first-order valence-corrected chi connectivity index (χ1v) is 15.8. The van der Waals surface area contributed by atoms with Crippen LogP contribution in [0.25, 0.3) is 0 Å². The van der Waals surface area contributed by atoms with Gasteiger partial charge in [0.2, 0.25) is 35.4 Å². The van der Waals surface area contributed by atoms with Crippen molar-refractivity contribution in [2.75, 3.05) is 11.9 Å². The van der Waals surface area contributed by atoms with Gasteiger partial charge in [0, 0.05) is 31.5 Å². The van der Waals surface area contributed by atoms with Crippen LogP contribution in [0.1, 0.15) is 80.6 Å². The number of amides is 6. The number of likely N-dealkylation sites (tertiary alicyclic amines) is 1. The van der Waals surface area contributed by atoms with Crippen LogP contribution in [0, 0.1) is 17.3 Å². The molecule has 4 atom stereocenters. The van der Waals surface area contributed by atoms with Crippen molar-refractivity contribution >= 4 is 53.5 Å². The highest BCUT2D eigenvalue weighted by atomic mass is 16.5. The molecule has 1 saturated heterocycles. The molecule has 0 bridgehead atoms. The minimum absolute atomic E-state index is 0.0414. The van der Waals surface area contributed by atoms with Crippen molar-refractivity contribution in [2.45, 2.75) is 98.4 Å². The lowest BCUT2D eigenvalue weighted by molar-refractivity contribution is -0.141. The number of ether oxygens (including phenoxy) is 1. The van der Waals surface area contributed by atoms with Crippen LogP contribution < -0.4 is 21.3 Å². The predicted octanol–water partition coefficient (Wildman–Crippen LogP) is 1.49. The van der Waals surface area contributed by atoms with Crippen molar-refractivity contribution in [1.82, 2.24) is 20.9 Å². The van der Waals surface area contributed by atoms with Crippen molar-refractivity contribution in [1.29, 1.82) is 0 Å².